The van der Waals surface area contributed by atoms with Gasteiger partial charge >= 0.3 is 0 Å². The van der Waals surface area contributed by atoms with E-state index in [0.29, 0.717) is 11.3 Å². The second-order valence-corrected chi connectivity index (χ2v) is 9.26. The highest BCUT2D eigenvalue weighted by molar-refractivity contribution is 7.95. The van der Waals surface area contributed by atoms with E-state index in [2.05, 4.69) is 4.72 Å². The summed E-state index contributed by atoms with van der Waals surface area (Å²) in [5.74, 6) is 0.00400. The first kappa shape index (κ1) is 21.1. The molecular weight excluding hydrogens is 384 g/mol. The molecule has 1 fully saturated rings. The van der Waals surface area contributed by atoms with Gasteiger partial charge in [-0.2, -0.15) is 0 Å². The Bertz CT molecular complexity index is 996. The molecule has 2 aromatic carbocycles. The number of rotatable bonds is 5. The van der Waals surface area contributed by atoms with Crippen molar-refractivity contribution in [1.29, 1.82) is 0 Å². The molecule has 2 aromatic rings. The Morgan fingerprint density at radius 2 is 1.55 bits per heavy atom. The molecule has 0 saturated carbocycles. The molecule has 1 saturated heterocycles. The molecule has 0 radical (unpaired) electrons. The number of hydrogen-bond acceptors (Lipinski definition) is 3. The van der Waals surface area contributed by atoms with E-state index in [4.69, 9.17) is 0 Å². The summed E-state index contributed by atoms with van der Waals surface area (Å²) in [5, 5.41) is 1.18. The Morgan fingerprint density at radius 3 is 2.14 bits per heavy atom. The molecule has 1 N–H and O–H groups in total. The van der Waals surface area contributed by atoms with Crippen LogP contribution in [0.15, 0.2) is 41.8 Å². The molecule has 1 amide bonds. The summed E-state index contributed by atoms with van der Waals surface area (Å²) < 4.78 is 27.5. The topological polar surface area (TPSA) is 66.5 Å². The maximum atomic E-state index is 12.5. The number of hydrogen-bond donors (Lipinski definition) is 1. The summed E-state index contributed by atoms with van der Waals surface area (Å²) in [6, 6.07) is 10.7. The van der Waals surface area contributed by atoms with Gasteiger partial charge in [0.25, 0.3) is 15.9 Å². The van der Waals surface area contributed by atoms with E-state index in [9.17, 15) is 13.2 Å². The van der Waals surface area contributed by atoms with Gasteiger partial charge in [-0.15, -0.1) is 0 Å². The molecule has 0 spiro atoms. The molecule has 1 aliphatic heterocycles. The molecule has 0 bridgehead atoms. The Balaban J connectivity index is 1.69. The molecule has 0 aromatic heterocycles. The Kier molecular flexibility index (Phi) is 6.42. The summed E-state index contributed by atoms with van der Waals surface area (Å²) in [5.41, 5.74) is 5.14. The van der Waals surface area contributed by atoms with Gasteiger partial charge in [0.05, 0.1) is 5.41 Å². The average molecular weight is 413 g/mol. The zero-order chi connectivity index (χ0) is 21.0. The van der Waals surface area contributed by atoms with Gasteiger partial charge in [-0.25, -0.2) is 8.42 Å². The van der Waals surface area contributed by atoms with Gasteiger partial charge in [-0.3, -0.25) is 9.52 Å². The van der Waals surface area contributed by atoms with Crippen molar-refractivity contribution in [1.82, 2.24) is 4.90 Å². The van der Waals surface area contributed by atoms with Crippen molar-refractivity contribution in [2.45, 2.75) is 40.0 Å². The smallest absolute Gasteiger partial charge is 0.255 e. The van der Waals surface area contributed by atoms with E-state index in [-0.39, 0.29) is 5.91 Å². The number of sulfonamides is 1. The second-order valence-electron chi connectivity index (χ2n) is 7.69. The minimum absolute atomic E-state index is 0.00400. The van der Waals surface area contributed by atoms with Crippen LogP contribution >= 0.6 is 0 Å². The molecule has 0 atom stereocenters. The number of likely N-dealkylation sites (tertiary alicyclic amines) is 1. The lowest BCUT2D eigenvalue weighted by atomic mass is 10.0. The van der Waals surface area contributed by atoms with Crippen molar-refractivity contribution >= 4 is 27.7 Å². The third kappa shape index (κ3) is 5.48. The van der Waals surface area contributed by atoms with Crippen LogP contribution in [-0.2, 0) is 10.0 Å². The van der Waals surface area contributed by atoms with Crippen molar-refractivity contribution in [2.75, 3.05) is 17.8 Å². The predicted octanol–water partition coefficient (Wildman–Crippen LogP) is 4.65. The first-order chi connectivity index (χ1) is 13.7. The fourth-order valence-electron chi connectivity index (χ4n) is 3.77. The summed E-state index contributed by atoms with van der Waals surface area (Å²) in [4.78, 5) is 14.4. The van der Waals surface area contributed by atoms with Crippen LogP contribution in [0.4, 0.5) is 5.69 Å². The molecule has 154 valence electrons. The van der Waals surface area contributed by atoms with Crippen LogP contribution in [0.3, 0.4) is 0 Å². The van der Waals surface area contributed by atoms with Crippen molar-refractivity contribution in [3.8, 4) is 0 Å². The molecule has 5 nitrogen and oxygen atoms in total. The first-order valence-electron chi connectivity index (χ1n) is 9.93. The van der Waals surface area contributed by atoms with Gasteiger partial charge in [0.1, 0.15) is 0 Å². The fourth-order valence-corrected chi connectivity index (χ4v) is 4.62. The van der Waals surface area contributed by atoms with Crippen LogP contribution in [0.25, 0.3) is 6.08 Å². The van der Waals surface area contributed by atoms with Crippen LogP contribution < -0.4 is 4.72 Å². The second kappa shape index (κ2) is 8.82. The average Bonchev–Trinajstić information content (AvgIpc) is 2.67. The predicted molar refractivity (Wildman–Crippen MR) is 118 cm³/mol. The van der Waals surface area contributed by atoms with Crippen LogP contribution in [-0.4, -0.2) is 32.3 Å². The molecule has 3 rings (SSSR count). The zero-order valence-corrected chi connectivity index (χ0v) is 18.1. The number of aryl methyl sites for hydroxylation is 3. The lowest BCUT2D eigenvalue weighted by Crippen LogP contribution is -2.35. The lowest BCUT2D eigenvalue weighted by molar-refractivity contribution is 0.0724. The Labute approximate surface area is 173 Å². The fraction of sp³-hybridized carbons (Fsp3) is 0.348. The molecule has 0 aliphatic carbocycles. The van der Waals surface area contributed by atoms with Crippen molar-refractivity contribution < 1.29 is 13.2 Å². The van der Waals surface area contributed by atoms with Crippen LogP contribution in [0.2, 0.25) is 0 Å². The molecule has 1 heterocycles. The number of benzene rings is 2. The van der Waals surface area contributed by atoms with Crippen LogP contribution in [0.5, 0.6) is 0 Å². The van der Waals surface area contributed by atoms with Crippen LogP contribution in [0.1, 0.15) is 51.9 Å². The number of anilines is 1. The van der Waals surface area contributed by atoms with E-state index in [0.717, 1.165) is 48.2 Å². The van der Waals surface area contributed by atoms with Gasteiger partial charge in [-0.1, -0.05) is 17.7 Å². The number of piperidine rings is 1. The van der Waals surface area contributed by atoms with Gasteiger partial charge < -0.3 is 4.90 Å². The SMILES string of the molecule is Cc1cc(C)c(/C=C/S(=O)(=O)Nc2ccc(C(=O)N3CCCCC3)cc2)c(C)c1. The monoisotopic (exact) mass is 412 g/mol. The van der Waals surface area contributed by atoms with E-state index in [1.807, 2.05) is 37.8 Å². The molecule has 0 unspecified atom stereocenters. The van der Waals surface area contributed by atoms with E-state index < -0.39 is 10.0 Å². The molecule has 29 heavy (non-hydrogen) atoms. The highest BCUT2D eigenvalue weighted by atomic mass is 32.2. The maximum Gasteiger partial charge on any atom is 0.255 e. The number of nitrogens with one attached hydrogen (secondary N) is 1. The Hall–Kier alpha value is -2.60. The normalized spacial score (nSPS) is 14.9. The minimum atomic E-state index is -3.66. The number of nitrogens with zero attached hydrogens (tertiary/aromatic N) is 1. The van der Waals surface area contributed by atoms with Crippen molar-refractivity contribution in [3.63, 3.8) is 0 Å². The molecular formula is C23H28N2O3S. The van der Waals surface area contributed by atoms with Gasteiger partial charge in [-0.05, 0) is 87.1 Å². The summed E-state index contributed by atoms with van der Waals surface area (Å²) in [6.45, 7) is 7.53. The van der Waals surface area contributed by atoms with E-state index >= 15 is 0 Å². The maximum absolute atomic E-state index is 12.5. The van der Waals surface area contributed by atoms with Gasteiger partial charge in [0.2, 0.25) is 0 Å². The summed E-state index contributed by atoms with van der Waals surface area (Å²) in [6.07, 6.45) is 4.87. The van der Waals surface area contributed by atoms with E-state index in [1.165, 1.54) is 11.8 Å². The molecule has 6 heteroatoms. The summed E-state index contributed by atoms with van der Waals surface area (Å²) in [7, 11) is -3.66. The highest BCUT2D eigenvalue weighted by Crippen LogP contribution is 2.20. The van der Waals surface area contributed by atoms with E-state index in [1.54, 1.807) is 30.3 Å². The minimum Gasteiger partial charge on any atom is -0.339 e. The third-order valence-corrected chi connectivity index (χ3v) is 6.20. The Morgan fingerprint density at radius 1 is 0.966 bits per heavy atom. The highest BCUT2D eigenvalue weighted by Gasteiger charge is 2.18. The summed E-state index contributed by atoms with van der Waals surface area (Å²) >= 11 is 0. The quantitative estimate of drug-likeness (QED) is 0.777. The lowest BCUT2D eigenvalue weighted by Gasteiger charge is -2.26. The third-order valence-electron chi connectivity index (χ3n) is 5.19. The molecule has 1 aliphatic rings. The number of amides is 1. The van der Waals surface area contributed by atoms with Crippen molar-refractivity contribution in [2.24, 2.45) is 0 Å². The van der Waals surface area contributed by atoms with Crippen LogP contribution in [0, 0.1) is 20.8 Å². The first-order valence-corrected chi connectivity index (χ1v) is 11.5. The zero-order valence-electron chi connectivity index (χ0n) is 17.2. The number of carbonyl (C=O) groups is 1. The van der Waals surface area contributed by atoms with Crippen molar-refractivity contribution in [3.05, 3.63) is 69.6 Å². The largest absolute Gasteiger partial charge is 0.339 e. The van der Waals surface area contributed by atoms with Gasteiger partial charge in [0, 0.05) is 24.3 Å². The van der Waals surface area contributed by atoms with Gasteiger partial charge in [0.15, 0.2) is 0 Å². The number of carbonyl (C=O) groups excluding carboxylic acids is 1. The standard InChI is InChI=1S/C23H28N2O3S/c1-17-15-18(2)22(19(3)16-17)11-14-29(27,28)24-21-9-7-20(8-10-21)23(26)25-12-5-4-6-13-25/h7-11,14-16,24H,4-6,12-13H2,1-3H3/b14-11+.